The van der Waals surface area contributed by atoms with Crippen LogP contribution in [0.25, 0.3) is 10.9 Å². The Hall–Kier alpha value is -2.49. The van der Waals surface area contributed by atoms with Gasteiger partial charge in [0.25, 0.3) is 0 Å². The van der Waals surface area contributed by atoms with Crippen molar-refractivity contribution < 1.29 is 14.3 Å². The SMILES string of the molecule is C=C/C=C(\C)C(CC(=O)OC)n1ccc2cccc(OC)c21. The van der Waals surface area contributed by atoms with E-state index in [9.17, 15) is 4.79 Å². The number of para-hydroxylation sites is 1. The smallest absolute Gasteiger partial charge is 0.307 e. The molecule has 2 rings (SSSR count). The van der Waals surface area contributed by atoms with Crippen molar-refractivity contribution >= 4 is 16.9 Å². The largest absolute Gasteiger partial charge is 0.495 e. The molecule has 0 aliphatic rings. The van der Waals surface area contributed by atoms with E-state index in [4.69, 9.17) is 9.47 Å². The first-order valence-corrected chi connectivity index (χ1v) is 7.12. The summed E-state index contributed by atoms with van der Waals surface area (Å²) in [6, 6.07) is 7.77. The highest BCUT2D eigenvalue weighted by atomic mass is 16.5. The van der Waals surface area contributed by atoms with Crippen molar-refractivity contribution in [1.29, 1.82) is 0 Å². The maximum Gasteiger partial charge on any atom is 0.307 e. The van der Waals surface area contributed by atoms with Crippen molar-refractivity contribution in [2.24, 2.45) is 0 Å². The van der Waals surface area contributed by atoms with E-state index in [1.165, 1.54) is 7.11 Å². The summed E-state index contributed by atoms with van der Waals surface area (Å²) in [7, 11) is 3.05. The van der Waals surface area contributed by atoms with E-state index in [0.29, 0.717) is 0 Å². The minimum atomic E-state index is -0.251. The lowest BCUT2D eigenvalue weighted by molar-refractivity contribution is -0.141. The zero-order valence-corrected chi connectivity index (χ0v) is 13.2. The monoisotopic (exact) mass is 299 g/mol. The Bertz CT molecular complexity index is 712. The summed E-state index contributed by atoms with van der Waals surface area (Å²) in [4.78, 5) is 11.8. The summed E-state index contributed by atoms with van der Waals surface area (Å²) < 4.78 is 12.4. The molecule has 1 aromatic heterocycles. The van der Waals surface area contributed by atoms with E-state index in [1.807, 2.05) is 43.5 Å². The number of hydrogen-bond acceptors (Lipinski definition) is 3. The van der Waals surface area contributed by atoms with Crippen LogP contribution >= 0.6 is 0 Å². The number of aromatic nitrogens is 1. The Morgan fingerprint density at radius 3 is 2.77 bits per heavy atom. The standard InChI is InChI=1S/C18H21NO3/c1-5-7-13(2)15(12-17(20)22-4)19-11-10-14-8-6-9-16(21-3)18(14)19/h5-11,15H,1,12H2,2-4H3/b13-7+. The molecular weight excluding hydrogens is 278 g/mol. The summed E-state index contributed by atoms with van der Waals surface area (Å²) in [6.07, 6.45) is 5.87. The van der Waals surface area contributed by atoms with Crippen LogP contribution in [0.5, 0.6) is 5.75 Å². The second kappa shape index (κ2) is 6.98. The van der Waals surface area contributed by atoms with Gasteiger partial charge in [-0.3, -0.25) is 4.79 Å². The van der Waals surface area contributed by atoms with Crippen molar-refractivity contribution in [3.8, 4) is 5.75 Å². The lowest BCUT2D eigenvalue weighted by Gasteiger charge is -2.21. The first kappa shape index (κ1) is 15.9. The molecule has 0 aliphatic carbocycles. The highest BCUT2D eigenvalue weighted by molar-refractivity contribution is 5.86. The third kappa shape index (κ3) is 3.06. The molecule has 1 heterocycles. The summed E-state index contributed by atoms with van der Waals surface area (Å²) >= 11 is 0. The lowest BCUT2D eigenvalue weighted by Crippen LogP contribution is -2.15. The highest BCUT2D eigenvalue weighted by Gasteiger charge is 2.20. The average Bonchev–Trinajstić information content (AvgIpc) is 2.96. The maximum absolute atomic E-state index is 11.8. The molecule has 0 fully saturated rings. The molecule has 1 unspecified atom stereocenters. The van der Waals surface area contributed by atoms with Crippen LogP contribution < -0.4 is 4.74 Å². The fourth-order valence-corrected chi connectivity index (χ4v) is 2.63. The Kier molecular flexibility index (Phi) is 5.04. The van der Waals surface area contributed by atoms with E-state index in [-0.39, 0.29) is 18.4 Å². The Labute approximate surface area is 130 Å². The van der Waals surface area contributed by atoms with Crippen molar-refractivity contribution in [3.05, 3.63) is 54.8 Å². The topological polar surface area (TPSA) is 40.5 Å². The molecule has 0 saturated carbocycles. The molecule has 0 saturated heterocycles. The molecule has 2 aromatic rings. The van der Waals surface area contributed by atoms with Crippen LogP contribution in [0.2, 0.25) is 0 Å². The van der Waals surface area contributed by atoms with Crippen LogP contribution in [0, 0.1) is 0 Å². The number of fused-ring (bicyclic) bond motifs is 1. The molecule has 1 aromatic carbocycles. The van der Waals surface area contributed by atoms with Crippen molar-refractivity contribution in [1.82, 2.24) is 4.57 Å². The third-order valence-corrected chi connectivity index (χ3v) is 3.75. The fraction of sp³-hybridized carbons (Fsp3) is 0.278. The second-order valence-corrected chi connectivity index (χ2v) is 5.06. The quantitative estimate of drug-likeness (QED) is 0.600. The number of ether oxygens (including phenoxy) is 2. The zero-order valence-electron chi connectivity index (χ0n) is 13.2. The zero-order chi connectivity index (χ0) is 16.1. The van der Waals surface area contributed by atoms with E-state index in [2.05, 4.69) is 11.1 Å². The first-order valence-electron chi connectivity index (χ1n) is 7.12. The number of methoxy groups -OCH3 is 2. The number of carbonyl (C=O) groups excluding carboxylic acids is 1. The number of esters is 1. The van der Waals surface area contributed by atoms with Gasteiger partial charge in [-0.25, -0.2) is 0 Å². The van der Waals surface area contributed by atoms with Crippen LogP contribution in [-0.2, 0) is 9.53 Å². The van der Waals surface area contributed by atoms with Gasteiger partial charge in [0.05, 0.1) is 32.2 Å². The maximum atomic E-state index is 11.8. The van der Waals surface area contributed by atoms with Crippen molar-refractivity contribution in [2.75, 3.05) is 14.2 Å². The molecule has 0 bridgehead atoms. The molecule has 0 radical (unpaired) electrons. The molecule has 0 amide bonds. The molecule has 0 spiro atoms. The Morgan fingerprint density at radius 1 is 1.36 bits per heavy atom. The summed E-state index contributed by atoms with van der Waals surface area (Å²) in [5.74, 6) is 0.530. The second-order valence-electron chi connectivity index (χ2n) is 5.06. The number of rotatable bonds is 6. The van der Waals surface area contributed by atoms with Gasteiger partial charge in [0, 0.05) is 11.6 Å². The van der Waals surface area contributed by atoms with Gasteiger partial charge in [-0.15, -0.1) is 0 Å². The van der Waals surface area contributed by atoms with Gasteiger partial charge in [-0.05, 0) is 19.1 Å². The fourth-order valence-electron chi connectivity index (χ4n) is 2.63. The number of benzene rings is 1. The molecule has 0 aliphatic heterocycles. The molecule has 116 valence electrons. The van der Waals surface area contributed by atoms with Crippen LogP contribution in [-0.4, -0.2) is 24.8 Å². The van der Waals surface area contributed by atoms with Crippen LogP contribution in [0.4, 0.5) is 0 Å². The molecule has 4 heteroatoms. The summed E-state index contributed by atoms with van der Waals surface area (Å²) in [5.41, 5.74) is 2.00. The minimum absolute atomic E-state index is 0.140. The molecular formula is C18H21NO3. The van der Waals surface area contributed by atoms with Gasteiger partial charge in [0.2, 0.25) is 0 Å². The lowest BCUT2D eigenvalue weighted by atomic mass is 10.0. The summed E-state index contributed by atoms with van der Waals surface area (Å²) in [5, 5.41) is 1.07. The normalized spacial score (nSPS) is 13.0. The van der Waals surface area contributed by atoms with Crippen LogP contribution in [0.15, 0.2) is 54.8 Å². The van der Waals surface area contributed by atoms with Crippen molar-refractivity contribution in [2.45, 2.75) is 19.4 Å². The van der Waals surface area contributed by atoms with Crippen LogP contribution in [0.3, 0.4) is 0 Å². The molecule has 22 heavy (non-hydrogen) atoms. The van der Waals surface area contributed by atoms with Crippen molar-refractivity contribution in [3.63, 3.8) is 0 Å². The number of hydrogen-bond donors (Lipinski definition) is 0. The molecule has 4 nitrogen and oxygen atoms in total. The predicted molar refractivity (Wildman–Crippen MR) is 88.1 cm³/mol. The van der Waals surface area contributed by atoms with Gasteiger partial charge in [-0.2, -0.15) is 0 Å². The van der Waals surface area contributed by atoms with Gasteiger partial charge in [0.1, 0.15) is 5.75 Å². The highest BCUT2D eigenvalue weighted by Crippen LogP contribution is 2.33. The average molecular weight is 299 g/mol. The van der Waals surface area contributed by atoms with Gasteiger partial charge in [-0.1, -0.05) is 36.4 Å². The van der Waals surface area contributed by atoms with E-state index in [0.717, 1.165) is 22.2 Å². The number of nitrogens with zero attached hydrogens (tertiary/aromatic N) is 1. The Balaban J connectivity index is 2.58. The number of carbonyl (C=O) groups is 1. The van der Waals surface area contributed by atoms with E-state index >= 15 is 0 Å². The van der Waals surface area contributed by atoms with Gasteiger partial charge >= 0.3 is 5.97 Å². The van der Waals surface area contributed by atoms with Gasteiger partial charge < -0.3 is 14.0 Å². The third-order valence-electron chi connectivity index (χ3n) is 3.75. The van der Waals surface area contributed by atoms with Crippen LogP contribution in [0.1, 0.15) is 19.4 Å². The van der Waals surface area contributed by atoms with Gasteiger partial charge in [0.15, 0.2) is 0 Å². The minimum Gasteiger partial charge on any atom is -0.495 e. The predicted octanol–water partition coefficient (Wildman–Crippen LogP) is 3.89. The number of allylic oxidation sites excluding steroid dienone is 3. The first-order chi connectivity index (χ1) is 10.6. The Morgan fingerprint density at radius 2 is 2.14 bits per heavy atom. The van der Waals surface area contributed by atoms with E-state index in [1.54, 1.807) is 13.2 Å². The molecule has 1 atom stereocenters. The van der Waals surface area contributed by atoms with E-state index < -0.39 is 0 Å². The summed E-state index contributed by atoms with van der Waals surface area (Å²) in [6.45, 7) is 5.72. The molecule has 0 N–H and O–H groups in total.